The van der Waals surface area contributed by atoms with Gasteiger partial charge in [-0.3, -0.25) is 4.79 Å². The van der Waals surface area contributed by atoms with E-state index < -0.39 is 5.91 Å². The minimum Gasteiger partial charge on any atom is -0.320 e. The van der Waals surface area contributed by atoms with E-state index in [1.807, 2.05) is 38.1 Å². The predicted molar refractivity (Wildman–Crippen MR) is 94.6 cm³/mol. The van der Waals surface area contributed by atoms with E-state index in [0.717, 1.165) is 16.7 Å². The Morgan fingerprint density at radius 3 is 2.61 bits per heavy atom. The number of nitrogens with zero attached hydrogens (tertiary/aromatic N) is 1. The van der Waals surface area contributed by atoms with Crippen LogP contribution >= 0.6 is 23.2 Å². The molecule has 0 unspecified atom stereocenters. The molecule has 2 aromatic rings. The van der Waals surface area contributed by atoms with Crippen LogP contribution < -0.4 is 5.32 Å². The lowest BCUT2D eigenvalue weighted by Crippen LogP contribution is -2.13. The molecule has 0 saturated heterocycles. The number of carbonyl (C=O) groups is 1. The zero-order chi connectivity index (χ0) is 17.0. The quantitative estimate of drug-likeness (QED) is 0.617. The maximum Gasteiger partial charge on any atom is 0.266 e. The van der Waals surface area contributed by atoms with Crippen molar-refractivity contribution in [1.82, 2.24) is 0 Å². The van der Waals surface area contributed by atoms with Gasteiger partial charge >= 0.3 is 0 Å². The van der Waals surface area contributed by atoms with Crippen LogP contribution in [-0.2, 0) is 4.79 Å². The molecule has 0 aliphatic carbocycles. The number of aryl methyl sites for hydroxylation is 2. The van der Waals surface area contributed by atoms with Gasteiger partial charge in [0.25, 0.3) is 5.91 Å². The summed E-state index contributed by atoms with van der Waals surface area (Å²) in [6.07, 6.45) is 1.56. The predicted octanol–water partition coefficient (Wildman–Crippen LogP) is 5.16. The third-order valence-corrected chi connectivity index (χ3v) is 4.11. The van der Waals surface area contributed by atoms with Gasteiger partial charge in [-0.05, 0) is 43.2 Å². The second-order valence-electron chi connectivity index (χ2n) is 5.09. The summed E-state index contributed by atoms with van der Waals surface area (Å²) in [5.41, 5.74) is 3.29. The Hall–Kier alpha value is -2.28. The molecule has 1 N–H and O–H groups in total. The lowest BCUT2D eigenvalue weighted by atomic mass is 10.0. The number of hydrogen-bond acceptors (Lipinski definition) is 2. The summed E-state index contributed by atoms with van der Waals surface area (Å²) < 4.78 is 0. The number of halogens is 2. The number of benzene rings is 2. The molecule has 0 fully saturated rings. The number of nitriles is 1. The molecule has 0 spiro atoms. The van der Waals surface area contributed by atoms with Crippen molar-refractivity contribution < 1.29 is 4.79 Å². The molecule has 2 aromatic carbocycles. The van der Waals surface area contributed by atoms with Gasteiger partial charge in [0.1, 0.15) is 11.6 Å². The molecule has 3 nitrogen and oxygen atoms in total. The van der Waals surface area contributed by atoms with E-state index in [4.69, 9.17) is 23.2 Å². The number of amides is 1. The molecule has 0 aromatic heterocycles. The van der Waals surface area contributed by atoms with Crippen molar-refractivity contribution >= 4 is 40.9 Å². The standard InChI is InChI=1S/C18H14Cl2N2O/c1-11-6-7-13(12(2)8-11)9-14(10-21)18(23)22-16-5-3-4-15(19)17(16)20/h3-9H,1-2H3,(H,22,23)/b14-9+. The number of hydrogen-bond donors (Lipinski definition) is 1. The summed E-state index contributed by atoms with van der Waals surface area (Å²) >= 11 is 12.0. The normalized spacial score (nSPS) is 11.0. The minimum absolute atomic E-state index is 0.00649. The average molecular weight is 345 g/mol. The van der Waals surface area contributed by atoms with Crippen molar-refractivity contribution in [3.63, 3.8) is 0 Å². The van der Waals surface area contributed by atoms with Crippen LogP contribution in [0.15, 0.2) is 42.0 Å². The zero-order valence-electron chi connectivity index (χ0n) is 12.7. The molecule has 1 amide bonds. The Morgan fingerprint density at radius 1 is 1.22 bits per heavy atom. The van der Waals surface area contributed by atoms with Crippen LogP contribution in [0.1, 0.15) is 16.7 Å². The van der Waals surface area contributed by atoms with Crippen LogP contribution in [-0.4, -0.2) is 5.91 Å². The van der Waals surface area contributed by atoms with Crippen molar-refractivity contribution in [2.45, 2.75) is 13.8 Å². The van der Waals surface area contributed by atoms with Gasteiger partial charge in [-0.1, -0.05) is 53.0 Å². The first-order valence-electron chi connectivity index (χ1n) is 6.87. The van der Waals surface area contributed by atoms with Gasteiger partial charge in [0.15, 0.2) is 0 Å². The number of nitrogens with one attached hydrogen (secondary N) is 1. The third-order valence-electron chi connectivity index (χ3n) is 3.29. The van der Waals surface area contributed by atoms with Gasteiger partial charge in [-0.15, -0.1) is 0 Å². The Bertz CT molecular complexity index is 835. The molecule has 0 radical (unpaired) electrons. The summed E-state index contributed by atoms with van der Waals surface area (Å²) in [6.45, 7) is 3.92. The van der Waals surface area contributed by atoms with Crippen LogP contribution in [0, 0.1) is 25.2 Å². The molecule has 0 atom stereocenters. The monoisotopic (exact) mass is 344 g/mol. The zero-order valence-corrected chi connectivity index (χ0v) is 14.2. The van der Waals surface area contributed by atoms with Gasteiger partial charge in [0, 0.05) is 0 Å². The minimum atomic E-state index is -0.531. The maximum atomic E-state index is 12.3. The molecular weight excluding hydrogens is 331 g/mol. The fourth-order valence-electron chi connectivity index (χ4n) is 2.08. The SMILES string of the molecule is Cc1ccc(/C=C(\C#N)C(=O)Nc2cccc(Cl)c2Cl)c(C)c1. The largest absolute Gasteiger partial charge is 0.320 e. The number of rotatable bonds is 3. The molecule has 0 saturated carbocycles. The van der Waals surface area contributed by atoms with E-state index in [9.17, 15) is 10.1 Å². The number of anilines is 1. The van der Waals surface area contributed by atoms with Crippen LogP contribution in [0.2, 0.25) is 10.0 Å². The van der Waals surface area contributed by atoms with E-state index in [-0.39, 0.29) is 10.6 Å². The van der Waals surface area contributed by atoms with E-state index in [2.05, 4.69) is 5.32 Å². The Balaban J connectivity index is 2.30. The van der Waals surface area contributed by atoms with Crippen molar-refractivity contribution in [2.24, 2.45) is 0 Å². The lowest BCUT2D eigenvalue weighted by Gasteiger charge is -2.08. The highest BCUT2D eigenvalue weighted by atomic mass is 35.5. The Morgan fingerprint density at radius 2 is 1.96 bits per heavy atom. The van der Waals surface area contributed by atoms with Crippen LogP contribution in [0.4, 0.5) is 5.69 Å². The molecule has 0 aliphatic heterocycles. The van der Waals surface area contributed by atoms with Gasteiger partial charge in [0.05, 0.1) is 15.7 Å². The molecule has 2 rings (SSSR count). The highest BCUT2D eigenvalue weighted by Gasteiger charge is 2.13. The molecule has 0 heterocycles. The van der Waals surface area contributed by atoms with Crippen molar-refractivity contribution in [3.8, 4) is 6.07 Å². The Labute approximate surface area is 145 Å². The van der Waals surface area contributed by atoms with Crippen LogP contribution in [0.3, 0.4) is 0 Å². The van der Waals surface area contributed by atoms with Gasteiger partial charge in [0.2, 0.25) is 0 Å². The van der Waals surface area contributed by atoms with Gasteiger partial charge in [-0.25, -0.2) is 0 Å². The summed E-state index contributed by atoms with van der Waals surface area (Å²) in [5, 5.41) is 12.5. The summed E-state index contributed by atoms with van der Waals surface area (Å²) in [7, 11) is 0. The third kappa shape index (κ3) is 4.13. The lowest BCUT2D eigenvalue weighted by molar-refractivity contribution is -0.112. The number of carbonyl (C=O) groups excluding carboxylic acids is 1. The van der Waals surface area contributed by atoms with E-state index in [1.54, 1.807) is 24.3 Å². The second kappa shape index (κ2) is 7.32. The van der Waals surface area contributed by atoms with Crippen molar-refractivity contribution in [2.75, 3.05) is 5.32 Å². The first-order chi connectivity index (χ1) is 10.9. The molecule has 116 valence electrons. The second-order valence-corrected chi connectivity index (χ2v) is 5.87. The van der Waals surface area contributed by atoms with E-state index in [0.29, 0.717) is 10.7 Å². The molecular formula is C18H14Cl2N2O. The van der Waals surface area contributed by atoms with E-state index in [1.165, 1.54) is 0 Å². The summed E-state index contributed by atoms with van der Waals surface area (Å²) in [4.78, 5) is 12.3. The first-order valence-corrected chi connectivity index (χ1v) is 7.62. The molecule has 0 aliphatic rings. The fourth-order valence-corrected chi connectivity index (χ4v) is 2.43. The smallest absolute Gasteiger partial charge is 0.266 e. The first kappa shape index (κ1) is 17.1. The highest BCUT2D eigenvalue weighted by Crippen LogP contribution is 2.29. The van der Waals surface area contributed by atoms with Crippen LogP contribution in [0.5, 0.6) is 0 Å². The molecule has 0 bridgehead atoms. The molecule has 23 heavy (non-hydrogen) atoms. The van der Waals surface area contributed by atoms with Crippen molar-refractivity contribution in [3.05, 3.63) is 68.7 Å². The van der Waals surface area contributed by atoms with Crippen LogP contribution in [0.25, 0.3) is 6.08 Å². The topological polar surface area (TPSA) is 52.9 Å². The fraction of sp³-hybridized carbons (Fsp3) is 0.111. The highest BCUT2D eigenvalue weighted by molar-refractivity contribution is 6.44. The average Bonchev–Trinajstić information content (AvgIpc) is 2.51. The molecule has 5 heteroatoms. The summed E-state index contributed by atoms with van der Waals surface area (Å²) in [6, 6.07) is 12.6. The van der Waals surface area contributed by atoms with Crippen molar-refractivity contribution in [1.29, 1.82) is 5.26 Å². The maximum absolute atomic E-state index is 12.3. The summed E-state index contributed by atoms with van der Waals surface area (Å²) in [5.74, 6) is -0.531. The van der Waals surface area contributed by atoms with Gasteiger partial charge in [-0.2, -0.15) is 5.26 Å². The Kier molecular flexibility index (Phi) is 5.44. The van der Waals surface area contributed by atoms with E-state index >= 15 is 0 Å². The van der Waals surface area contributed by atoms with Gasteiger partial charge < -0.3 is 5.32 Å².